The second-order valence-electron chi connectivity index (χ2n) is 4.93. The summed E-state index contributed by atoms with van der Waals surface area (Å²) in [5.41, 5.74) is 1.20. The molecule has 1 aromatic heterocycles. The fraction of sp³-hybridized carbons (Fsp3) is 0.429. The monoisotopic (exact) mass is 261 g/mol. The highest BCUT2D eigenvalue weighted by Gasteiger charge is 2.19. The maximum atomic E-state index is 5.88. The van der Waals surface area contributed by atoms with Crippen molar-refractivity contribution < 1.29 is 0 Å². The van der Waals surface area contributed by atoms with E-state index < -0.39 is 0 Å². The van der Waals surface area contributed by atoms with Crippen LogP contribution in [0.3, 0.4) is 0 Å². The number of nitrogens with zero attached hydrogens (tertiary/aromatic N) is 3. The summed E-state index contributed by atoms with van der Waals surface area (Å²) in [5.74, 6) is 2.05. The van der Waals surface area contributed by atoms with Gasteiger partial charge in [-0.3, -0.25) is 0 Å². The molecular formula is C14H16ClN3. The van der Waals surface area contributed by atoms with E-state index in [0.29, 0.717) is 6.04 Å². The van der Waals surface area contributed by atoms with Gasteiger partial charge in [0.2, 0.25) is 0 Å². The van der Waals surface area contributed by atoms with Crippen LogP contribution >= 0.6 is 11.6 Å². The van der Waals surface area contributed by atoms with Crippen LogP contribution in [0.25, 0.3) is 0 Å². The Hall–Kier alpha value is -1.35. The topological polar surface area (TPSA) is 30.7 Å². The molecular weight excluding hydrogens is 246 g/mol. The van der Waals surface area contributed by atoms with Crippen LogP contribution in [0.2, 0.25) is 5.02 Å². The number of hydrogen-bond donors (Lipinski definition) is 0. The van der Waals surface area contributed by atoms with Crippen LogP contribution in [0, 0.1) is 0 Å². The van der Waals surface area contributed by atoms with Crippen molar-refractivity contribution in [1.82, 2.24) is 14.8 Å². The first-order valence-corrected chi connectivity index (χ1v) is 6.79. The average molecular weight is 262 g/mol. The Balaban J connectivity index is 1.83. The highest BCUT2D eigenvalue weighted by Crippen LogP contribution is 2.23. The van der Waals surface area contributed by atoms with Gasteiger partial charge in [-0.2, -0.15) is 5.10 Å². The molecule has 0 fully saturated rings. The van der Waals surface area contributed by atoms with Crippen LogP contribution < -0.4 is 0 Å². The zero-order valence-corrected chi connectivity index (χ0v) is 11.2. The van der Waals surface area contributed by atoms with Crippen molar-refractivity contribution >= 4 is 11.6 Å². The van der Waals surface area contributed by atoms with E-state index in [9.17, 15) is 0 Å². The fourth-order valence-electron chi connectivity index (χ4n) is 2.47. The Morgan fingerprint density at radius 1 is 1.33 bits per heavy atom. The second-order valence-corrected chi connectivity index (χ2v) is 5.37. The smallest absolute Gasteiger partial charge is 0.155 e. The second kappa shape index (κ2) is 4.73. The van der Waals surface area contributed by atoms with Gasteiger partial charge in [0.05, 0.1) is 6.04 Å². The van der Waals surface area contributed by atoms with Crippen molar-refractivity contribution in [3.63, 3.8) is 0 Å². The van der Waals surface area contributed by atoms with Gasteiger partial charge in [-0.25, -0.2) is 9.67 Å². The van der Waals surface area contributed by atoms with Crippen molar-refractivity contribution in [3.05, 3.63) is 46.5 Å². The lowest BCUT2D eigenvalue weighted by Crippen LogP contribution is -2.16. The predicted molar refractivity (Wildman–Crippen MR) is 71.9 cm³/mol. The van der Waals surface area contributed by atoms with E-state index in [-0.39, 0.29) is 0 Å². The van der Waals surface area contributed by atoms with Gasteiger partial charge < -0.3 is 0 Å². The van der Waals surface area contributed by atoms with E-state index in [4.69, 9.17) is 11.6 Å². The summed E-state index contributed by atoms with van der Waals surface area (Å²) in [6.07, 6.45) is 4.26. The van der Waals surface area contributed by atoms with Gasteiger partial charge >= 0.3 is 0 Å². The quantitative estimate of drug-likeness (QED) is 0.829. The van der Waals surface area contributed by atoms with E-state index in [1.807, 2.05) is 24.3 Å². The Morgan fingerprint density at radius 2 is 2.11 bits per heavy atom. The van der Waals surface area contributed by atoms with E-state index in [1.165, 1.54) is 18.4 Å². The van der Waals surface area contributed by atoms with Crippen molar-refractivity contribution in [1.29, 1.82) is 0 Å². The minimum Gasteiger partial charge on any atom is -0.247 e. The van der Waals surface area contributed by atoms with Crippen LogP contribution in [0.15, 0.2) is 24.3 Å². The van der Waals surface area contributed by atoms with E-state index in [1.54, 1.807) is 0 Å². The number of fused-ring (bicyclic) bond motifs is 1. The molecule has 3 rings (SSSR count). The molecule has 1 atom stereocenters. The molecule has 0 spiro atoms. The zero-order chi connectivity index (χ0) is 12.5. The summed E-state index contributed by atoms with van der Waals surface area (Å²) in [4.78, 5) is 4.64. The number of aryl methyl sites for hydroxylation is 1. The lowest BCUT2D eigenvalue weighted by molar-refractivity contribution is 0.387. The summed E-state index contributed by atoms with van der Waals surface area (Å²) in [5, 5.41) is 5.39. The van der Waals surface area contributed by atoms with E-state index in [0.717, 1.165) is 29.5 Å². The Labute approximate surface area is 112 Å². The number of benzene rings is 1. The minimum atomic E-state index is 0.486. The SMILES string of the molecule is CC1CCCc2nc(Cc3ccc(Cl)cc3)nn21. The van der Waals surface area contributed by atoms with Gasteiger partial charge in [0, 0.05) is 17.9 Å². The highest BCUT2D eigenvalue weighted by molar-refractivity contribution is 6.30. The van der Waals surface area contributed by atoms with Gasteiger partial charge in [0.1, 0.15) is 5.82 Å². The van der Waals surface area contributed by atoms with E-state index in [2.05, 4.69) is 21.7 Å². The van der Waals surface area contributed by atoms with Crippen LogP contribution in [-0.2, 0) is 12.8 Å². The average Bonchev–Trinajstić information content (AvgIpc) is 2.76. The van der Waals surface area contributed by atoms with Crippen molar-refractivity contribution in [3.8, 4) is 0 Å². The predicted octanol–water partition coefficient (Wildman–Crippen LogP) is 3.42. The van der Waals surface area contributed by atoms with E-state index >= 15 is 0 Å². The summed E-state index contributed by atoms with van der Waals surface area (Å²) in [6, 6.07) is 8.38. The Morgan fingerprint density at radius 3 is 2.83 bits per heavy atom. The third kappa shape index (κ3) is 2.27. The molecule has 0 radical (unpaired) electrons. The first-order valence-electron chi connectivity index (χ1n) is 6.41. The summed E-state index contributed by atoms with van der Waals surface area (Å²) in [7, 11) is 0. The number of hydrogen-bond acceptors (Lipinski definition) is 2. The molecule has 18 heavy (non-hydrogen) atoms. The largest absolute Gasteiger partial charge is 0.247 e. The molecule has 3 nitrogen and oxygen atoms in total. The number of rotatable bonds is 2. The van der Waals surface area contributed by atoms with Gasteiger partial charge in [0.25, 0.3) is 0 Å². The highest BCUT2D eigenvalue weighted by atomic mass is 35.5. The van der Waals surface area contributed by atoms with Crippen LogP contribution in [-0.4, -0.2) is 14.8 Å². The molecule has 0 saturated heterocycles. The van der Waals surface area contributed by atoms with Crippen molar-refractivity contribution in [2.45, 2.75) is 38.6 Å². The van der Waals surface area contributed by atoms with Crippen LogP contribution in [0.5, 0.6) is 0 Å². The molecule has 1 aromatic carbocycles. The summed E-state index contributed by atoms with van der Waals surface area (Å²) >= 11 is 5.88. The third-order valence-electron chi connectivity index (χ3n) is 3.46. The molecule has 0 amide bonds. The maximum absolute atomic E-state index is 5.88. The molecule has 0 bridgehead atoms. The van der Waals surface area contributed by atoms with Gasteiger partial charge in [-0.15, -0.1) is 0 Å². The molecule has 0 saturated carbocycles. The first-order chi connectivity index (χ1) is 8.72. The Bertz CT molecular complexity index is 545. The molecule has 1 unspecified atom stereocenters. The molecule has 0 N–H and O–H groups in total. The number of aromatic nitrogens is 3. The van der Waals surface area contributed by atoms with Crippen molar-refractivity contribution in [2.75, 3.05) is 0 Å². The van der Waals surface area contributed by atoms with Crippen LogP contribution in [0.1, 0.15) is 43.0 Å². The van der Waals surface area contributed by atoms with Gasteiger partial charge in [-0.05, 0) is 37.5 Å². The summed E-state index contributed by atoms with van der Waals surface area (Å²) in [6.45, 7) is 2.21. The first kappa shape index (κ1) is 11.7. The van der Waals surface area contributed by atoms with Gasteiger partial charge in [0.15, 0.2) is 5.82 Å². The van der Waals surface area contributed by atoms with Crippen molar-refractivity contribution in [2.24, 2.45) is 0 Å². The number of halogens is 1. The molecule has 1 aliphatic rings. The summed E-state index contributed by atoms with van der Waals surface area (Å²) < 4.78 is 2.09. The molecule has 0 aliphatic carbocycles. The molecule has 94 valence electrons. The minimum absolute atomic E-state index is 0.486. The standard InChI is InChI=1S/C14H16ClN3/c1-10-3-2-4-14-16-13(17-18(10)14)9-11-5-7-12(15)8-6-11/h5-8,10H,2-4,9H2,1H3. The molecule has 1 aliphatic heterocycles. The molecule has 2 heterocycles. The Kier molecular flexibility index (Phi) is 3.08. The third-order valence-corrected chi connectivity index (χ3v) is 3.71. The fourth-order valence-corrected chi connectivity index (χ4v) is 2.59. The normalized spacial score (nSPS) is 18.7. The maximum Gasteiger partial charge on any atom is 0.155 e. The molecule has 2 aromatic rings. The lowest BCUT2D eigenvalue weighted by Gasteiger charge is -2.18. The zero-order valence-electron chi connectivity index (χ0n) is 10.4. The molecule has 4 heteroatoms. The lowest BCUT2D eigenvalue weighted by atomic mass is 10.1. The van der Waals surface area contributed by atoms with Crippen LogP contribution in [0.4, 0.5) is 0 Å². The van der Waals surface area contributed by atoms with Gasteiger partial charge in [-0.1, -0.05) is 23.7 Å².